The number of anilines is 3. The lowest BCUT2D eigenvalue weighted by Gasteiger charge is -2.08. The molecule has 102 valence electrons. The third-order valence-electron chi connectivity index (χ3n) is 2.24. The lowest BCUT2D eigenvalue weighted by atomic mass is 10.3. The Labute approximate surface area is 124 Å². The van der Waals surface area contributed by atoms with Crippen molar-refractivity contribution in [3.8, 4) is 12.3 Å². The van der Waals surface area contributed by atoms with Crippen molar-refractivity contribution in [3.05, 3.63) is 27.5 Å². The molecule has 6 nitrogen and oxygen atoms in total. The maximum atomic E-state index is 11.9. The molecule has 0 saturated heterocycles. The van der Waals surface area contributed by atoms with Crippen LogP contribution < -0.4 is 16.4 Å². The van der Waals surface area contributed by atoms with Crippen molar-refractivity contribution in [1.82, 2.24) is 15.3 Å². The molecule has 0 fully saturated rings. The number of terminal acetylenes is 1. The number of nitrogens with one attached hydrogen (secondary N) is 2. The zero-order valence-electron chi connectivity index (χ0n) is 10.2. The summed E-state index contributed by atoms with van der Waals surface area (Å²) in [4.78, 5) is 20.1. The number of thiophene rings is 1. The van der Waals surface area contributed by atoms with Crippen LogP contribution in [0.2, 0.25) is 5.02 Å². The van der Waals surface area contributed by atoms with Crippen molar-refractivity contribution < 1.29 is 4.79 Å². The van der Waals surface area contributed by atoms with Crippen LogP contribution in [0.1, 0.15) is 9.67 Å². The van der Waals surface area contributed by atoms with Crippen LogP contribution in [0.3, 0.4) is 0 Å². The second kappa shape index (κ2) is 6.23. The van der Waals surface area contributed by atoms with Crippen LogP contribution in [-0.4, -0.2) is 22.4 Å². The Bertz CT molecular complexity index is 679. The summed E-state index contributed by atoms with van der Waals surface area (Å²) in [5.74, 6) is 2.50. The molecule has 0 aliphatic heterocycles. The van der Waals surface area contributed by atoms with Gasteiger partial charge in [0.05, 0.1) is 18.4 Å². The Balaban J connectivity index is 2.23. The smallest absolute Gasteiger partial charge is 0.264 e. The maximum Gasteiger partial charge on any atom is 0.264 e. The number of halogens is 1. The number of carbonyl (C=O) groups is 1. The van der Waals surface area contributed by atoms with Crippen LogP contribution in [0.4, 0.5) is 17.5 Å². The van der Waals surface area contributed by atoms with Gasteiger partial charge in [0.1, 0.15) is 9.90 Å². The molecule has 1 amide bonds. The van der Waals surface area contributed by atoms with Gasteiger partial charge >= 0.3 is 0 Å². The van der Waals surface area contributed by atoms with E-state index >= 15 is 0 Å². The van der Waals surface area contributed by atoms with Gasteiger partial charge in [-0.3, -0.25) is 4.79 Å². The average Bonchev–Trinajstić information content (AvgIpc) is 2.88. The van der Waals surface area contributed by atoms with Gasteiger partial charge in [0.25, 0.3) is 5.91 Å². The van der Waals surface area contributed by atoms with Crippen LogP contribution in [0, 0.1) is 12.3 Å². The minimum absolute atomic E-state index is 0.0884. The molecule has 0 aromatic carbocycles. The number of nitrogens with zero attached hydrogens (tertiary/aromatic N) is 2. The van der Waals surface area contributed by atoms with Crippen molar-refractivity contribution in [2.24, 2.45) is 0 Å². The second-order valence-corrected chi connectivity index (χ2v) is 4.92. The standard InChI is InChI=1S/C12H10ClN5OS/c1-2-4-15-11(19)9-8(3-5-20-9)17-10-7(13)6-16-12(14)18-10/h1,3,5-6H,4H2,(H,15,19)(H3,14,16,17,18). The number of rotatable bonds is 4. The van der Waals surface area contributed by atoms with Crippen molar-refractivity contribution >= 4 is 46.3 Å². The Morgan fingerprint density at radius 1 is 1.60 bits per heavy atom. The summed E-state index contributed by atoms with van der Waals surface area (Å²) < 4.78 is 0. The molecule has 0 unspecified atom stereocenters. The number of nitrogen functional groups attached to an aromatic ring is 1. The van der Waals surface area contributed by atoms with Crippen molar-refractivity contribution in [1.29, 1.82) is 0 Å². The topological polar surface area (TPSA) is 92.9 Å². The number of hydrogen-bond donors (Lipinski definition) is 3. The van der Waals surface area contributed by atoms with Crippen LogP contribution in [0.25, 0.3) is 0 Å². The van der Waals surface area contributed by atoms with Gasteiger partial charge in [0.2, 0.25) is 5.95 Å². The van der Waals surface area contributed by atoms with Gasteiger partial charge in [0, 0.05) is 0 Å². The molecule has 0 aliphatic carbocycles. The first-order chi connectivity index (χ1) is 9.61. The fraction of sp³-hybridized carbons (Fsp3) is 0.0833. The largest absolute Gasteiger partial charge is 0.368 e. The molecule has 0 saturated carbocycles. The second-order valence-electron chi connectivity index (χ2n) is 3.60. The molecule has 0 bridgehead atoms. The van der Waals surface area contributed by atoms with Gasteiger partial charge in [-0.05, 0) is 11.4 Å². The van der Waals surface area contributed by atoms with Crippen molar-refractivity contribution in [3.63, 3.8) is 0 Å². The third-order valence-corrected chi connectivity index (χ3v) is 3.43. The van der Waals surface area contributed by atoms with Crippen LogP contribution in [0.15, 0.2) is 17.6 Å². The quantitative estimate of drug-likeness (QED) is 0.750. The van der Waals surface area contributed by atoms with Crippen LogP contribution >= 0.6 is 22.9 Å². The minimum Gasteiger partial charge on any atom is -0.368 e. The summed E-state index contributed by atoms with van der Waals surface area (Å²) in [7, 11) is 0. The Morgan fingerprint density at radius 2 is 2.40 bits per heavy atom. The molecule has 0 atom stereocenters. The number of nitrogens with two attached hydrogens (primary N) is 1. The van der Waals surface area contributed by atoms with Crippen molar-refractivity contribution in [2.45, 2.75) is 0 Å². The lowest BCUT2D eigenvalue weighted by Crippen LogP contribution is -2.23. The predicted molar refractivity (Wildman–Crippen MR) is 80.2 cm³/mol. The van der Waals surface area contributed by atoms with Gasteiger partial charge < -0.3 is 16.4 Å². The molecule has 2 aromatic heterocycles. The molecule has 8 heteroatoms. The normalized spacial score (nSPS) is 9.80. The van der Waals surface area contributed by atoms with Crippen LogP contribution in [-0.2, 0) is 0 Å². The highest BCUT2D eigenvalue weighted by atomic mass is 35.5. The third kappa shape index (κ3) is 3.17. The summed E-state index contributed by atoms with van der Waals surface area (Å²) in [6, 6.07) is 1.74. The van der Waals surface area contributed by atoms with Gasteiger partial charge in [-0.25, -0.2) is 4.98 Å². The Kier molecular flexibility index (Phi) is 4.40. The zero-order valence-corrected chi connectivity index (χ0v) is 11.8. The molecule has 20 heavy (non-hydrogen) atoms. The molecule has 2 aromatic rings. The highest BCUT2D eigenvalue weighted by molar-refractivity contribution is 7.12. The van der Waals surface area contributed by atoms with E-state index in [0.29, 0.717) is 21.4 Å². The minimum atomic E-state index is -0.265. The molecule has 2 rings (SSSR count). The first-order valence-corrected chi connectivity index (χ1v) is 6.71. The van der Waals surface area contributed by atoms with E-state index in [0.717, 1.165) is 0 Å². The summed E-state index contributed by atoms with van der Waals surface area (Å²) in [6.45, 7) is 0.164. The van der Waals surface area contributed by atoms with E-state index in [1.807, 2.05) is 0 Å². The Morgan fingerprint density at radius 3 is 3.15 bits per heavy atom. The average molecular weight is 308 g/mol. The molecule has 0 aliphatic rings. The van der Waals surface area contributed by atoms with E-state index in [1.165, 1.54) is 17.5 Å². The van der Waals surface area contributed by atoms with E-state index in [9.17, 15) is 4.79 Å². The van der Waals surface area contributed by atoms with Gasteiger partial charge in [-0.15, -0.1) is 17.8 Å². The van der Waals surface area contributed by atoms with Gasteiger partial charge in [-0.1, -0.05) is 17.5 Å². The zero-order chi connectivity index (χ0) is 14.5. The number of amides is 1. The molecule has 4 N–H and O–H groups in total. The molecular weight excluding hydrogens is 298 g/mol. The summed E-state index contributed by atoms with van der Waals surface area (Å²) >= 11 is 7.24. The summed E-state index contributed by atoms with van der Waals surface area (Å²) in [5, 5.41) is 7.62. The van der Waals surface area contributed by atoms with Gasteiger partial charge in [-0.2, -0.15) is 4.98 Å². The Hall–Kier alpha value is -2.30. The monoisotopic (exact) mass is 307 g/mol. The van der Waals surface area contributed by atoms with E-state index in [4.69, 9.17) is 23.8 Å². The molecule has 0 radical (unpaired) electrons. The highest BCUT2D eigenvalue weighted by Gasteiger charge is 2.14. The first kappa shape index (κ1) is 14.1. The molecular formula is C12H10ClN5OS. The first-order valence-electron chi connectivity index (χ1n) is 5.46. The van der Waals surface area contributed by atoms with Crippen molar-refractivity contribution in [2.75, 3.05) is 17.6 Å². The number of aromatic nitrogens is 2. The number of carbonyl (C=O) groups excluding carboxylic acids is 1. The number of hydrogen-bond acceptors (Lipinski definition) is 6. The fourth-order valence-corrected chi connectivity index (χ4v) is 2.29. The maximum absolute atomic E-state index is 11.9. The molecule has 0 spiro atoms. The molecule has 2 heterocycles. The fourth-order valence-electron chi connectivity index (χ4n) is 1.39. The van der Waals surface area contributed by atoms with E-state index in [2.05, 4.69) is 26.5 Å². The SMILES string of the molecule is C#CCNC(=O)c1sccc1Nc1nc(N)ncc1Cl. The van der Waals surface area contributed by atoms with Gasteiger partial charge in [0.15, 0.2) is 5.82 Å². The van der Waals surface area contributed by atoms with E-state index < -0.39 is 0 Å². The highest BCUT2D eigenvalue weighted by Crippen LogP contribution is 2.28. The van der Waals surface area contributed by atoms with E-state index in [-0.39, 0.29) is 18.4 Å². The van der Waals surface area contributed by atoms with E-state index in [1.54, 1.807) is 11.4 Å². The summed E-state index contributed by atoms with van der Waals surface area (Å²) in [5.41, 5.74) is 6.07. The van der Waals surface area contributed by atoms with Crippen LogP contribution in [0.5, 0.6) is 0 Å². The lowest BCUT2D eigenvalue weighted by molar-refractivity contribution is 0.0963. The summed E-state index contributed by atoms with van der Waals surface area (Å²) in [6.07, 6.45) is 6.49. The predicted octanol–water partition coefficient (Wildman–Crippen LogP) is 1.88.